The quantitative estimate of drug-likeness (QED) is 0.712. The van der Waals surface area contributed by atoms with Crippen LogP contribution in [0.4, 0.5) is 0 Å². The highest BCUT2D eigenvalue weighted by molar-refractivity contribution is 6.86. The van der Waals surface area contributed by atoms with Gasteiger partial charge in [-0.15, -0.1) is 0 Å². The van der Waals surface area contributed by atoms with Crippen molar-refractivity contribution in [2.24, 2.45) is 0 Å². The molecular formula is C14H22OSi. The Hall–Kier alpha value is -0.603. The highest BCUT2D eigenvalue weighted by Crippen LogP contribution is 2.26. The second kappa shape index (κ2) is 5.64. The molecule has 0 bridgehead atoms. The minimum absolute atomic E-state index is 1.31. The van der Waals surface area contributed by atoms with Crippen molar-refractivity contribution in [3.63, 3.8) is 0 Å². The summed E-state index contributed by atoms with van der Waals surface area (Å²) in [6.07, 6.45) is 6.92. The summed E-state index contributed by atoms with van der Waals surface area (Å²) < 4.78 is 6.04. The van der Waals surface area contributed by atoms with Gasteiger partial charge >= 0.3 is 0 Å². The van der Waals surface area contributed by atoms with E-state index in [2.05, 4.69) is 30.3 Å². The Morgan fingerprint density at radius 1 is 0.875 bits per heavy atom. The van der Waals surface area contributed by atoms with E-state index >= 15 is 0 Å². The Balaban J connectivity index is 2.22. The first-order chi connectivity index (χ1) is 7.87. The van der Waals surface area contributed by atoms with E-state index in [1.807, 2.05) is 7.11 Å². The molecule has 0 amide bonds. The Labute approximate surface area is 100.0 Å². The summed E-state index contributed by atoms with van der Waals surface area (Å²) >= 11 is 0. The lowest BCUT2D eigenvalue weighted by Crippen LogP contribution is -2.50. The van der Waals surface area contributed by atoms with E-state index < -0.39 is 8.32 Å². The molecule has 0 aliphatic carbocycles. The fourth-order valence-corrected chi connectivity index (χ4v) is 6.74. The van der Waals surface area contributed by atoms with Crippen LogP contribution in [0.2, 0.25) is 12.1 Å². The van der Waals surface area contributed by atoms with Gasteiger partial charge < -0.3 is 4.43 Å². The lowest BCUT2D eigenvalue weighted by atomic mass is 10.2. The van der Waals surface area contributed by atoms with Gasteiger partial charge in [0.1, 0.15) is 0 Å². The zero-order valence-electron chi connectivity index (χ0n) is 10.2. The molecule has 0 aromatic heterocycles. The van der Waals surface area contributed by atoms with Crippen LogP contribution < -0.4 is 5.19 Å². The molecule has 88 valence electrons. The normalized spacial score (nSPS) is 21.1. The maximum Gasteiger partial charge on any atom is 0.223 e. The Bertz CT molecular complexity index is 302. The second-order valence-corrected chi connectivity index (χ2v) is 8.81. The molecule has 1 fully saturated rings. The number of hydrogen-bond acceptors (Lipinski definition) is 1. The van der Waals surface area contributed by atoms with Crippen molar-refractivity contribution >= 4 is 13.5 Å². The van der Waals surface area contributed by atoms with E-state index in [4.69, 9.17) is 4.43 Å². The number of hydrogen-bond donors (Lipinski definition) is 0. The van der Waals surface area contributed by atoms with E-state index in [0.29, 0.717) is 0 Å². The van der Waals surface area contributed by atoms with Crippen LogP contribution in [0.25, 0.3) is 0 Å². The smallest absolute Gasteiger partial charge is 0.223 e. The van der Waals surface area contributed by atoms with Crippen molar-refractivity contribution in [1.82, 2.24) is 0 Å². The lowest BCUT2D eigenvalue weighted by Gasteiger charge is -2.32. The summed E-state index contributed by atoms with van der Waals surface area (Å²) in [6.45, 7) is 0. The van der Waals surface area contributed by atoms with Crippen molar-refractivity contribution in [1.29, 1.82) is 0 Å². The molecule has 2 heteroatoms. The maximum atomic E-state index is 6.04. The number of rotatable bonds is 2. The molecule has 1 aliphatic heterocycles. The van der Waals surface area contributed by atoms with Crippen LogP contribution >= 0.6 is 0 Å². The molecule has 0 saturated carbocycles. The first-order valence-electron chi connectivity index (χ1n) is 6.48. The lowest BCUT2D eigenvalue weighted by molar-refractivity contribution is 0.393. The van der Waals surface area contributed by atoms with Gasteiger partial charge in [-0.2, -0.15) is 0 Å². The summed E-state index contributed by atoms with van der Waals surface area (Å²) in [5.41, 5.74) is 0. The monoisotopic (exact) mass is 234 g/mol. The van der Waals surface area contributed by atoms with Gasteiger partial charge in [0.05, 0.1) is 0 Å². The topological polar surface area (TPSA) is 9.23 Å². The Morgan fingerprint density at radius 3 is 2.00 bits per heavy atom. The number of benzene rings is 1. The van der Waals surface area contributed by atoms with Gasteiger partial charge in [-0.05, 0) is 17.3 Å². The molecule has 0 atom stereocenters. The Kier molecular flexibility index (Phi) is 4.19. The summed E-state index contributed by atoms with van der Waals surface area (Å²) in [5.74, 6) is 0. The maximum absolute atomic E-state index is 6.04. The molecule has 1 aliphatic rings. The molecule has 1 heterocycles. The molecule has 2 rings (SSSR count). The van der Waals surface area contributed by atoms with Crippen LogP contribution in [0.5, 0.6) is 0 Å². The minimum Gasteiger partial charge on any atom is -0.415 e. The molecule has 0 unspecified atom stereocenters. The van der Waals surface area contributed by atoms with E-state index in [-0.39, 0.29) is 0 Å². The van der Waals surface area contributed by atoms with Gasteiger partial charge in [-0.1, -0.05) is 62.4 Å². The van der Waals surface area contributed by atoms with E-state index in [1.165, 1.54) is 49.4 Å². The van der Waals surface area contributed by atoms with Gasteiger partial charge in [0.2, 0.25) is 8.32 Å². The van der Waals surface area contributed by atoms with E-state index in [0.717, 1.165) is 0 Å². The average molecular weight is 234 g/mol. The van der Waals surface area contributed by atoms with Crippen molar-refractivity contribution in [3.05, 3.63) is 30.3 Å². The van der Waals surface area contributed by atoms with E-state index in [9.17, 15) is 0 Å². The van der Waals surface area contributed by atoms with Crippen molar-refractivity contribution < 1.29 is 4.43 Å². The van der Waals surface area contributed by atoms with Crippen LogP contribution in [0.3, 0.4) is 0 Å². The zero-order chi connectivity index (χ0) is 11.3. The molecule has 1 saturated heterocycles. The van der Waals surface area contributed by atoms with Crippen molar-refractivity contribution in [2.75, 3.05) is 7.11 Å². The van der Waals surface area contributed by atoms with Crippen LogP contribution in [0.1, 0.15) is 32.1 Å². The first kappa shape index (κ1) is 11.9. The van der Waals surface area contributed by atoms with Gasteiger partial charge in [0.25, 0.3) is 0 Å². The fourth-order valence-electron chi connectivity index (χ4n) is 2.83. The zero-order valence-corrected chi connectivity index (χ0v) is 11.2. The summed E-state index contributed by atoms with van der Waals surface area (Å²) in [7, 11) is 0.316. The highest BCUT2D eigenvalue weighted by atomic mass is 28.4. The molecule has 0 N–H and O–H groups in total. The van der Waals surface area contributed by atoms with Crippen LogP contribution in [0.15, 0.2) is 30.3 Å². The minimum atomic E-state index is -1.62. The first-order valence-corrected chi connectivity index (χ1v) is 8.80. The second-order valence-electron chi connectivity index (χ2n) is 4.83. The Morgan fingerprint density at radius 2 is 1.44 bits per heavy atom. The highest BCUT2D eigenvalue weighted by Gasteiger charge is 2.35. The van der Waals surface area contributed by atoms with Crippen LogP contribution in [-0.4, -0.2) is 15.4 Å². The third-order valence-electron chi connectivity index (χ3n) is 3.85. The molecule has 1 aromatic carbocycles. The molecular weight excluding hydrogens is 212 g/mol. The van der Waals surface area contributed by atoms with Crippen LogP contribution in [0, 0.1) is 0 Å². The molecule has 0 spiro atoms. The van der Waals surface area contributed by atoms with Crippen LogP contribution in [-0.2, 0) is 4.43 Å². The standard InChI is InChI=1S/C14H22OSi/c1-15-16(14-10-6-5-7-11-14)12-8-3-2-4-9-13-16/h5-7,10-11H,2-4,8-9,12-13H2,1H3. The van der Waals surface area contributed by atoms with E-state index in [1.54, 1.807) is 0 Å². The third-order valence-corrected chi connectivity index (χ3v) is 8.34. The third kappa shape index (κ3) is 2.55. The van der Waals surface area contributed by atoms with Crippen molar-refractivity contribution in [3.8, 4) is 0 Å². The van der Waals surface area contributed by atoms with Crippen molar-refractivity contribution in [2.45, 2.75) is 44.2 Å². The van der Waals surface area contributed by atoms with Gasteiger partial charge in [-0.25, -0.2) is 0 Å². The predicted octanol–water partition coefficient (Wildman–Crippen LogP) is 3.45. The molecule has 1 aromatic rings. The summed E-state index contributed by atoms with van der Waals surface area (Å²) in [5, 5.41) is 1.50. The SMILES string of the molecule is CO[Si]1(c2ccccc2)CCCCCCC1. The molecule has 16 heavy (non-hydrogen) atoms. The molecule has 0 radical (unpaired) electrons. The summed E-state index contributed by atoms with van der Waals surface area (Å²) in [4.78, 5) is 0. The van der Waals surface area contributed by atoms with Gasteiger partial charge in [-0.3, -0.25) is 0 Å². The molecule has 1 nitrogen and oxygen atoms in total. The average Bonchev–Trinajstić information content (AvgIpc) is 2.31. The summed E-state index contributed by atoms with van der Waals surface area (Å²) in [6, 6.07) is 13.6. The van der Waals surface area contributed by atoms with Gasteiger partial charge in [0.15, 0.2) is 0 Å². The predicted molar refractivity (Wildman–Crippen MR) is 71.5 cm³/mol. The fraction of sp³-hybridized carbons (Fsp3) is 0.571. The largest absolute Gasteiger partial charge is 0.415 e. The van der Waals surface area contributed by atoms with Gasteiger partial charge in [0, 0.05) is 7.11 Å².